The van der Waals surface area contributed by atoms with Crippen LogP contribution in [-0.2, 0) is 14.8 Å². The molecule has 4 aromatic rings. The molecule has 0 saturated carbocycles. The van der Waals surface area contributed by atoms with Gasteiger partial charge in [-0.2, -0.15) is 0 Å². The maximum Gasteiger partial charge on any atom is 0.245 e. The molecule has 3 aromatic carbocycles. The Labute approximate surface area is 201 Å². The van der Waals surface area contributed by atoms with E-state index in [-0.39, 0.29) is 6.54 Å². The van der Waals surface area contributed by atoms with E-state index in [0.717, 1.165) is 36.9 Å². The van der Waals surface area contributed by atoms with Crippen molar-refractivity contribution in [2.75, 3.05) is 22.4 Å². The summed E-state index contributed by atoms with van der Waals surface area (Å²) in [5, 5.41) is 4.09. The first-order chi connectivity index (χ1) is 15.6. The molecule has 9 heteroatoms. The van der Waals surface area contributed by atoms with E-state index in [4.69, 9.17) is 11.6 Å². The molecule has 0 atom stereocenters. The van der Waals surface area contributed by atoms with Crippen LogP contribution in [-0.4, -0.2) is 32.1 Å². The van der Waals surface area contributed by atoms with E-state index in [1.54, 1.807) is 41.7 Å². The number of carbonyl (C=O) groups is 1. The molecular weight excluding hydrogens is 478 g/mol. The van der Waals surface area contributed by atoms with E-state index >= 15 is 0 Å². The van der Waals surface area contributed by atoms with Gasteiger partial charge in [-0.1, -0.05) is 23.7 Å². The minimum absolute atomic E-state index is 0.338. The Morgan fingerprint density at radius 3 is 2.45 bits per heavy atom. The van der Waals surface area contributed by atoms with Gasteiger partial charge in [0.2, 0.25) is 15.9 Å². The molecule has 0 aliphatic heterocycles. The highest BCUT2D eigenvalue weighted by Gasteiger charge is 2.21. The van der Waals surface area contributed by atoms with Crippen molar-refractivity contribution in [1.82, 2.24) is 4.98 Å². The minimum atomic E-state index is -3.69. The van der Waals surface area contributed by atoms with Gasteiger partial charge < -0.3 is 5.32 Å². The van der Waals surface area contributed by atoms with Crippen LogP contribution in [0.15, 0.2) is 60.7 Å². The van der Waals surface area contributed by atoms with Crippen molar-refractivity contribution in [3.05, 3.63) is 76.8 Å². The zero-order valence-electron chi connectivity index (χ0n) is 18.3. The number of fused-ring (bicyclic) bond motifs is 1. The molecule has 0 fully saturated rings. The Hall–Kier alpha value is -2.94. The van der Waals surface area contributed by atoms with Crippen LogP contribution in [0.3, 0.4) is 0 Å². The van der Waals surface area contributed by atoms with Crippen molar-refractivity contribution in [3.8, 4) is 10.6 Å². The number of thiazole rings is 1. The van der Waals surface area contributed by atoms with Crippen molar-refractivity contribution < 1.29 is 13.2 Å². The summed E-state index contributed by atoms with van der Waals surface area (Å²) >= 11 is 7.76. The summed E-state index contributed by atoms with van der Waals surface area (Å²) < 4.78 is 26.8. The SMILES string of the molecule is Cc1ccc2nc(-c3ccc(NC(=O)CN(c4ccc(C)c(Cl)c4)S(C)(=O)=O)cc3)sc2c1. The molecule has 0 aliphatic carbocycles. The van der Waals surface area contributed by atoms with E-state index in [2.05, 4.69) is 23.3 Å². The molecule has 170 valence electrons. The number of carbonyl (C=O) groups excluding carboxylic acids is 1. The summed E-state index contributed by atoms with van der Waals surface area (Å²) in [5.41, 5.74) is 4.81. The number of rotatable bonds is 6. The third-order valence-corrected chi connectivity index (χ3v) is 7.71. The first-order valence-corrected chi connectivity index (χ1v) is 13.2. The van der Waals surface area contributed by atoms with Gasteiger partial charge in [0, 0.05) is 16.3 Å². The number of nitrogens with zero attached hydrogens (tertiary/aromatic N) is 2. The summed E-state index contributed by atoms with van der Waals surface area (Å²) in [6.45, 7) is 3.51. The van der Waals surface area contributed by atoms with Crippen LogP contribution in [0.2, 0.25) is 5.02 Å². The highest BCUT2D eigenvalue weighted by molar-refractivity contribution is 7.92. The highest BCUT2D eigenvalue weighted by Crippen LogP contribution is 2.31. The lowest BCUT2D eigenvalue weighted by atomic mass is 10.2. The first kappa shape index (κ1) is 23.2. The Kier molecular flexibility index (Phi) is 6.43. The summed E-state index contributed by atoms with van der Waals surface area (Å²) in [6, 6.07) is 18.4. The first-order valence-electron chi connectivity index (χ1n) is 10.1. The third-order valence-electron chi connectivity index (χ3n) is 5.09. The van der Waals surface area contributed by atoms with Gasteiger partial charge in [-0.25, -0.2) is 13.4 Å². The lowest BCUT2D eigenvalue weighted by Gasteiger charge is -2.22. The van der Waals surface area contributed by atoms with Crippen LogP contribution >= 0.6 is 22.9 Å². The standard InChI is InChI=1S/C24H22ClN3O3S2/c1-15-4-11-21-22(12-15)32-24(27-21)17-6-8-18(9-7-17)26-23(29)14-28(33(3,30)31)19-10-5-16(2)20(25)13-19/h4-13H,14H2,1-3H3,(H,26,29). The van der Waals surface area contributed by atoms with Crippen LogP contribution in [0.1, 0.15) is 11.1 Å². The van der Waals surface area contributed by atoms with E-state index in [9.17, 15) is 13.2 Å². The molecule has 1 N–H and O–H groups in total. The lowest BCUT2D eigenvalue weighted by molar-refractivity contribution is -0.114. The molecule has 1 amide bonds. The molecular formula is C24H22ClN3O3S2. The van der Waals surface area contributed by atoms with Crippen LogP contribution in [0.4, 0.5) is 11.4 Å². The normalized spacial score (nSPS) is 11.5. The zero-order valence-corrected chi connectivity index (χ0v) is 20.7. The number of benzene rings is 3. The molecule has 0 radical (unpaired) electrons. The quantitative estimate of drug-likeness (QED) is 0.372. The largest absolute Gasteiger partial charge is 0.325 e. The number of nitrogens with one attached hydrogen (secondary N) is 1. The molecule has 6 nitrogen and oxygen atoms in total. The Morgan fingerprint density at radius 1 is 1.06 bits per heavy atom. The smallest absolute Gasteiger partial charge is 0.245 e. The number of anilines is 2. The molecule has 0 spiro atoms. The Morgan fingerprint density at radius 2 is 1.79 bits per heavy atom. The van der Waals surface area contributed by atoms with Gasteiger partial charge in [0.15, 0.2) is 0 Å². The monoisotopic (exact) mass is 499 g/mol. The van der Waals surface area contributed by atoms with Crippen LogP contribution < -0.4 is 9.62 Å². The fourth-order valence-corrected chi connectivity index (χ4v) is 5.41. The van der Waals surface area contributed by atoms with E-state index < -0.39 is 15.9 Å². The topological polar surface area (TPSA) is 79.4 Å². The average Bonchev–Trinajstić information content (AvgIpc) is 3.17. The molecule has 1 aromatic heterocycles. The van der Waals surface area contributed by atoms with E-state index in [1.165, 1.54) is 5.56 Å². The molecule has 1 heterocycles. The van der Waals surface area contributed by atoms with Crippen molar-refractivity contribution in [1.29, 1.82) is 0 Å². The maximum atomic E-state index is 12.6. The molecule has 0 bridgehead atoms. The van der Waals surface area contributed by atoms with Gasteiger partial charge in [0.05, 0.1) is 22.2 Å². The number of halogens is 1. The van der Waals surface area contributed by atoms with Crippen molar-refractivity contribution in [2.45, 2.75) is 13.8 Å². The van der Waals surface area contributed by atoms with Crippen molar-refractivity contribution in [3.63, 3.8) is 0 Å². The average molecular weight is 500 g/mol. The summed E-state index contributed by atoms with van der Waals surface area (Å²) in [4.78, 5) is 17.3. The third kappa shape index (κ3) is 5.35. The summed E-state index contributed by atoms with van der Waals surface area (Å²) in [6.07, 6.45) is 1.06. The maximum absolute atomic E-state index is 12.6. The number of amides is 1. The zero-order chi connectivity index (χ0) is 23.8. The van der Waals surface area contributed by atoms with Gasteiger partial charge >= 0.3 is 0 Å². The second-order valence-electron chi connectivity index (χ2n) is 7.82. The van der Waals surface area contributed by atoms with Crippen LogP contribution in [0, 0.1) is 13.8 Å². The summed E-state index contributed by atoms with van der Waals surface area (Å²) in [7, 11) is -3.69. The molecule has 0 aliphatic rings. The minimum Gasteiger partial charge on any atom is -0.325 e. The Balaban J connectivity index is 1.49. The van der Waals surface area contributed by atoms with Gasteiger partial charge in [-0.05, 0) is 73.5 Å². The van der Waals surface area contributed by atoms with Crippen molar-refractivity contribution >= 4 is 60.5 Å². The molecule has 33 heavy (non-hydrogen) atoms. The fourth-order valence-electron chi connectivity index (χ4n) is 3.32. The number of hydrogen-bond acceptors (Lipinski definition) is 5. The van der Waals surface area contributed by atoms with Crippen LogP contribution in [0.25, 0.3) is 20.8 Å². The van der Waals surface area contributed by atoms with Crippen molar-refractivity contribution in [2.24, 2.45) is 0 Å². The molecule has 0 unspecified atom stereocenters. The van der Waals surface area contributed by atoms with E-state index in [0.29, 0.717) is 16.4 Å². The number of sulfonamides is 1. The van der Waals surface area contributed by atoms with Gasteiger partial charge in [0.1, 0.15) is 11.6 Å². The van der Waals surface area contributed by atoms with Gasteiger partial charge in [-0.3, -0.25) is 9.10 Å². The number of hydrogen-bond donors (Lipinski definition) is 1. The number of aromatic nitrogens is 1. The Bertz CT molecular complexity index is 1450. The predicted octanol–water partition coefficient (Wildman–Crippen LogP) is 5.64. The highest BCUT2D eigenvalue weighted by atomic mass is 35.5. The van der Waals surface area contributed by atoms with Gasteiger partial charge in [0.25, 0.3) is 0 Å². The van der Waals surface area contributed by atoms with Crippen LogP contribution in [0.5, 0.6) is 0 Å². The summed E-state index contributed by atoms with van der Waals surface area (Å²) in [5.74, 6) is -0.458. The fraction of sp³-hybridized carbons (Fsp3) is 0.167. The van der Waals surface area contributed by atoms with Gasteiger partial charge in [-0.15, -0.1) is 11.3 Å². The number of aryl methyl sites for hydroxylation is 2. The molecule has 4 rings (SSSR count). The van der Waals surface area contributed by atoms with E-state index in [1.807, 2.05) is 31.2 Å². The second kappa shape index (κ2) is 9.13. The molecule has 0 saturated heterocycles. The predicted molar refractivity (Wildman–Crippen MR) is 137 cm³/mol. The lowest BCUT2D eigenvalue weighted by Crippen LogP contribution is -2.37. The second-order valence-corrected chi connectivity index (χ2v) is 11.2.